The fourth-order valence-corrected chi connectivity index (χ4v) is 3.88. The zero-order chi connectivity index (χ0) is 15.8. The van der Waals surface area contributed by atoms with Crippen LogP contribution in [0.3, 0.4) is 0 Å². The van der Waals surface area contributed by atoms with Crippen molar-refractivity contribution >= 4 is 34.0 Å². The molecule has 3 nitrogen and oxygen atoms in total. The number of nitrogens with one attached hydrogen (secondary N) is 1. The summed E-state index contributed by atoms with van der Waals surface area (Å²) >= 11 is 7.68. The van der Waals surface area contributed by atoms with Gasteiger partial charge in [0.15, 0.2) is 0 Å². The Morgan fingerprint density at radius 1 is 1.04 bits per heavy atom. The molecule has 23 heavy (non-hydrogen) atoms. The maximum Gasteiger partial charge on any atom is 0.138 e. The molecule has 0 fully saturated rings. The topological polar surface area (TPSA) is 37.9 Å². The lowest BCUT2D eigenvalue weighted by atomic mass is 10.0. The number of aromatic amines is 1. The van der Waals surface area contributed by atoms with Crippen molar-refractivity contribution in [3.05, 3.63) is 59.2 Å². The van der Waals surface area contributed by atoms with Crippen LogP contribution in [-0.2, 0) is 0 Å². The SMILES string of the molecule is COc1ccccc1-c1c[nH]c2nccc(-c3ccc(Cl)s3)c12. The van der Waals surface area contributed by atoms with Crippen LogP contribution in [0.5, 0.6) is 5.75 Å². The minimum Gasteiger partial charge on any atom is -0.496 e. The molecular formula is C18H13ClN2OS. The summed E-state index contributed by atoms with van der Waals surface area (Å²) in [5.41, 5.74) is 4.09. The van der Waals surface area contributed by atoms with E-state index in [0.29, 0.717) is 0 Å². The predicted molar refractivity (Wildman–Crippen MR) is 96.4 cm³/mol. The zero-order valence-electron chi connectivity index (χ0n) is 12.3. The molecule has 114 valence electrons. The van der Waals surface area contributed by atoms with Crippen molar-refractivity contribution in [1.82, 2.24) is 9.97 Å². The Balaban J connectivity index is 2.02. The number of H-pyrrole nitrogens is 1. The van der Waals surface area contributed by atoms with Crippen molar-refractivity contribution in [3.63, 3.8) is 0 Å². The van der Waals surface area contributed by atoms with E-state index >= 15 is 0 Å². The van der Waals surface area contributed by atoms with Crippen molar-refractivity contribution in [1.29, 1.82) is 0 Å². The molecule has 5 heteroatoms. The highest BCUT2D eigenvalue weighted by Crippen LogP contribution is 2.41. The molecule has 0 aliphatic carbocycles. The molecule has 0 bridgehead atoms. The fraction of sp³-hybridized carbons (Fsp3) is 0.0556. The average Bonchev–Trinajstić information content (AvgIpc) is 3.21. The van der Waals surface area contributed by atoms with Gasteiger partial charge in [0.05, 0.1) is 11.4 Å². The zero-order valence-corrected chi connectivity index (χ0v) is 13.9. The maximum atomic E-state index is 6.11. The summed E-state index contributed by atoms with van der Waals surface area (Å²) in [5, 5.41) is 1.08. The number of para-hydroxylation sites is 1. The molecule has 3 aromatic heterocycles. The number of pyridine rings is 1. The summed E-state index contributed by atoms with van der Waals surface area (Å²) in [4.78, 5) is 8.83. The van der Waals surface area contributed by atoms with E-state index in [1.165, 1.54) is 0 Å². The molecule has 0 unspecified atom stereocenters. The third kappa shape index (κ3) is 2.40. The highest BCUT2D eigenvalue weighted by Gasteiger charge is 2.16. The Labute approximate surface area is 142 Å². The van der Waals surface area contributed by atoms with Crippen molar-refractivity contribution in [2.75, 3.05) is 7.11 Å². The van der Waals surface area contributed by atoms with Gasteiger partial charge in [-0.1, -0.05) is 29.8 Å². The molecule has 0 spiro atoms. The van der Waals surface area contributed by atoms with Gasteiger partial charge >= 0.3 is 0 Å². The van der Waals surface area contributed by atoms with E-state index in [1.54, 1.807) is 18.4 Å². The fourth-order valence-electron chi connectivity index (χ4n) is 2.80. The number of methoxy groups -OCH3 is 1. The van der Waals surface area contributed by atoms with Gasteiger partial charge in [-0.25, -0.2) is 4.98 Å². The van der Waals surface area contributed by atoms with Crippen LogP contribution in [0.2, 0.25) is 4.34 Å². The Bertz CT molecular complexity index is 990. The first-order chi connectivity index (χ1) is 11.3. The number of halogens is 1. The van der Waals surface area contributed by atoms with Gasteiger partial charge in [0, 0.05) is 39.3 Å². The summed E-state index contributed by atoms with van der Waals surface area (Å²) in [7, 11) is 1.69. The first-order valence-electron chi connectivity index (χ1n) is 7.13. The lowest BCUT2D eigenvalue weighted by molar-refractivity contribution is 0.416. The molecule has 0 saturated heterocycles. The molecule has 0 aliphatic heterocycles. The van der Waals surface area contributed by atoms with Gasteiger partial charge < -0.3 is 9.72 Å². The van der Waals surface area contributed by atoms with E-state index in [-0.39, 0.29) is 0 Å². The normalized spacial score (nSPS) is 11.0. The lowest BCUT2D eigenvalue weighted by Gasteiger charge is -2.08. The Morgan fingerprint density at radius 2 is 1.91 bits per heavy atom. The van der Waals surface area contributed by atoms with Gasteiger partial charge in [-0.2, -0.15) is 0 Å². The second-order valence-corrected chi connectivity index (χ2v) is 6.80. The smallest absolute Gasteiger partial charge is 0.138 e. The Kier molecular flexibility index (Phi) is 3.56. The number of ether oxygens (including phenoxy) is 1. The second kappa shape index (κ2) is 5.72. The van der Waals surface area contributed by atoms with E-state index in [1.807, 2.05) is 48.8 Å². The minimum atomic E-state index is 0.777. The van der Waals surface area contributed by atoms with Crippen LogP contribution in [0.15, 0.2) is 54.9 Å². The first kappa shape index (κ1) is 14.3. The molecule has 1 aromatic carbocycles. The van der Waals surface area contributed by atoms with E-state index in [0.717, 1.165) is 42.7 Å². The van der Waals surface area contributed by atoms with Gasteiger partial charge in [-0.05, 0) is 24.3 Å². The second-order valence-electron chi connectivity index (χ2n) is 5.09. The highest BCUT2D eigenvalue weighted by molar-refractivity contribution is 7.19. The third-order valence-electron chi connectivity index (χ3n) is 3.81. The van der Waals surface area contributed by atoms with Crippen molar-refractivity contribution in [3.8, 4) is 27.3 Å². The van der Waals surface area contributed by atoms with Gasteiger partial charge in [-0.15, -0.1) is 11.3 Å². The number of nitrogens with zero attached hydrogens (tertiary/aromatic N) is 1. The number of hydrogen-bond acceptors (Lipinski definition) is 3. The molecule has 1 N–H and O–H groups in total. The van der Waals surface area contributed by atoms with Crippen LogP contribution in [0.4, 0.5) is 0 Å². The summed E-state index contributed by atoms with van der Waals surface area (Å²) < 4.78 is 6.29. The molecule has 0 saturated carbocycles. The Hall–Kier alpha value is -2.30. The molecule has 0 amide bonds. The number of thiophene rings is 1. The van der Waals surface area contributed by atoms with E-state index in [2.05, 4.69) is 16.0 Å². The monoisotopic (exact) mass is 340 g/mol. The predicted octanol–water partition coefficient (Wildman–Crippen LogP) is 5.62. The first-order valence-corrected chi connectivity index (χ1v) is 8.32. The van der Waals surface area contributed by atoms with Crippen LogP contribution >= 0.6 is 22.9 Å². The van der Waals surface area contributed by atoms with Crippen LogP contribution < -0.4 is 4.74 Å². The van der Waals surface area contributed by atoms with Gasteiger partial charge in [0.25, 0.3) is 0 Å². The lowest BCUT2D eigenvalue weighted by Crippen LogP contribution is -1.87. The molecule has 4 rings (SSSR count). The standard InChI is InChI=1S/C18H13ClN2OS/c1-22-14-5-3-2-4-11(14)13-10-21-18-17(13)12(8-9-20-18)15-6-7-16(19)23-15/h2-10H,1H3,(H,20,21). The van der Waals surface area contributed by atoms with E-state index in [9.17, 15) is 0 Å². The van der Waals surface area contributed by atoms with Crippen LogP contribution in [0.1, 0.15) is 0 Å². The van der Waals surface area contributed by atoms with E-state index in [4.69, 9.17) is 16.3 Å². The number of hydrogen-bond donors (Lipinski definition) is 1. The number of benzene rings is 1. The largest absolute Gasteiger partial charge is 0.496 e. The molecule has 0 atom stereocenters. The van der Waals surface area contributed by atoms with Crippen LogP contribution in [0, 0.1) is 0 Å². The molecule has 0 aliphatic rings. The quantitative estimate of drug-likeness (QED) is 0.525. The number of aromatic nitrogens is 2. The summed E-state index contributed by atoms with van der Waals surface area (Å²) in [6, 6.07) is 14.0. The van der Waals surface area contributed by atoms with Gasteiger partial charge in [0.1, 0.15) is 11.4 Å². The average molecular weight is 341 g/mol. The van der Waals surface area contributed by atoms with Crippen LogP contribution in [-0.4, -0.2) is 17.1 Å². The van der Waals surface area contributed by atoms with Gasteiger partial charge in [0.2, 0.25) is 0 Å². The summed E-state index contributed by atoms with van der Waals surface area (Å²) in [6.45, 7) is 0. The van der Waals surface area contributed by atoms with Crippen molar-refractivity contribution in [2.45, 2.75) is 0 Å². The van der Waals surface area contributed by atoms with Crippen LogP contribution in [0.25, 0.3) is 32.6 Å². The minimum absolute atomic E-state index is 0.777. The number of rotatable bonds is 3. The molecule has 4 aromatic rings. The highest BCUT2D eigenvalue weighted by atomic mass is 35.5. The maximum absolute atomic E-state index is 6.11. The van der Waals surface area contributed by atoms with Crippen molar-refractivity contribution < 1.29 is 4.74 Å². The molecule has 3 heterocycles. The van der Waals surface area contributed by atoms with Gasteiger partial charge in [-0.3, -0.25) is 0 Å². The van der Waals surface area contributed by atoms with Crippen molar-refractivity contribution in [2.24, 2.45) is 0 Å². The Morgan fingerprint density at radius 3 is 2.70 bits per heavy atom. The third-order valence-corrected chi connectivity index (χ3v) is 5.07. The summed E-state index contributed by atoms with van der Waals surface area (Å²) in [5.74, 6) is 0.840. The molecule has 0 radical (unpaired) electrons. The molecular weight excluding hydrogens is 328 g/mol. The number of fused-ring (bicyclic) bond motifs is 1. The van der Waals surface area contributed by atoms with E-state index < -0.39 is 0 Å². The summed E-state index contributed by atoms with van der Waals surface area (Å²) in [6.07, 6.45) is 3.79.